The Hall–Kier alpha value is -0.530. The highest BCUT2D eigenvalue weighted by molar-refractivity contribution is 5.66. The third-order valence-corrected chi connectivity index (χ3v) is 4.60. The summed E-state index contributed by atoms with van der Waals surface area (Å²) in [4.78, 5) is 10.3. The lowest BCUT2D eigenvalue weighted by atomic mass is 9.75. The number of rotatable bonds is 12. The van der Waals surface area contributed by atoms with E-state index in [9.17, 15) is 4.79 Å². The Balaban J connectivity index is 3.47. The monoisotopic (exact) mass is 256 g/mol. The molecule has 108 valence electrons. The van der Waals surface area contributed by atoms with Gasteiger partial charge in [-0.1, -0.05) is 72.1 Å². The number of carboxylic acid groups (broad SMARTS) is 1. The molecular formula is C16H32O2. The van der Waals surface area contributed by atoms with Gasteiger partial charge in [-0.25, -0.2) is 0 Å². The minimum Gasteiger partial charge on any atom is -0.481 e. The predicted octanol–water partition coefficient (Wildman–Crippen LogP) is 5.41. The van der Waals surface area contributed by atoms with Gasteiger partial charge >= 0.3 is 5.97 Å². The molecule has 0 bridgehead atoms. The zero-order valence-corrected chi connectivity index (χ0v) is 12.6. The highest BCUT2D eigenvalue weighted by Crippen LogP contribution is 2.36. The standard InChI is InChI=1S/C16H32O2/c1-4-16(5-2,6-3)14-12-10-8-7-9-11-13-15(17)18/h4-14H2,1-3H3,(H,17,18). The fraction of sp³-hybridized carbons (Fsp3) is 0.938. The van der Waals surface area contributed by atoms with Gasteiger partial charge in [0.05, 0.1) is 0 Å². The van der Waals surface area contributed by atoms with Crippen LogP contribution in [-0.4, -0.2) is 11.1 Å². The summed E-state index contributed by atoms with van der Waals surface area (Å²) in [5.74, 6) is -0.659. The second-order valence-corrected chi connectivity index (χ2v) is 5.58. The smallest absolute Gasteiger partial charge is 0.303 e. The second kappa shape index (κ2) is 10.4. The number of unbranched alkanes of at least 4 members (excludes halogenated alkanes) is 5. The number of carboxylic acids is 1. The summed E-state index contributed by atoms with van der Waals surface area (Å²) in [6.45, 7) is 6.96. The first-order chi connectivity index (χ1) is 8.60. The molecule has 0 heterocycles. The van der Waals surface area contributed by atoms with Crippen molar-refractivity contribution in [3.05, 3.63) is 0 Å². The van der Waals surface area contributed by atoms with Crippen molar-refractivity contribution < 1.29 is 9.90 Å². The quantitative estimate of drug-likeness (QED) is 0.474. The molecule has 0 amide bonds. The Labute approximate surface area is 113 Å². The van der Waals surface area contributed by atoms with Crippen LogP contribution in [0.3, 0.4) is 0 Å². The SMILES string of the molecule is CCC(CC)(CC)CCCCCCCCC(=O)O. The van der Waals surface area contributed by atoms with Crippen LogP contribution in [0.2, 0.25) is 0 Å². The second-order valence-electron chi connectivity index (χ2n) is 5.58. The van der Waals surface area contributed by atoms with Gasteiger partial charge in [-0.3, -0.25) is 4.79 Å². The van der Waals surface area contributed by atoms with Gasteiger partial charge in [-0.15, -0.1) is 0 Å². The van der Waals surface area contributed by atoms with Crippen LogP contribution in [0.25, 0.3) is 0 Å². The van der Waals surface area contributed by atoms with E-state index in [-0.39, 0.29) is 0 Å². The maximum atomic E-state index is 10.3. The molecular weight excluding hydrogens is 224 g/mol. The van der Waals surface area contributed by atoms with E-state index in [1.807, 2.05) is 0 Å². The highest BCUT2D eigenvalue weighted by Gasteiger charge is 2.22. The molecule has 0 atom stereocenters. The van der Waals surface area contributed by atoms with E-state index in [0.717, 1.165) is 12.8 Å². The van der Waals surface area contributed by atoms with Gasteiger partial charge in [0.2, 0.25) is 0 Å². The molecule has 0 aromatic rings. The summed E-state index contributed by atoms with van der Waals surface area (Å²) in [7, 11) is 0. The van der Waals surface area contributed by atoms with Crippen LogP contribution in [-0.2, 0) is 4.79 Å². The molecule has 0 aromatic heterocycles. The number of hydrogen-bond donors (Lipinski definition) is 1. The van der Waals surface area contributed by atoms with Gasteiger partial charge in [0.1, 0.15) is 0 Å². The molecule has 0 saturated heterocycles. The zero-order valence-electron chi connectivity index (χ0n) is 12.6. The number of carbonyl (C=O) groups is 1. The molecule has 0 saturated carbocycles. The number of hydrogen-bond acceptors (Lipinski definition) is 1. The molecule has 0 aliphatic carbocycles. The maximum absolute atomic E-state index is 10.3. The normalized spacial score (nSPS) is 11.7. The van der Waals surface area contributed by atoms with Crippen molar-refractivity contribution in [2.75, 3.05) is 0 Å². The lowest BCUT2D eigenvalue weighted by Crippen LogP contribution is -2.17. The minimum absolute atomic E-state index is 0.338. The van der Waals surface area contributed by atoms with E-state index in [1.165, 1.54) is 51.4 Å². The summed E-state index contributed by atoms with van der Waals surface area (Å²) in [6, 6.07) is 0. The fourth-order valence-electron chi connectivity index (χ4n) is 2.76. The molecule has 0 fully saturated rings. The van der Waals surface area contributed by atoms with Crippen LogP contribution in [0.5, 0.6) is 0 Å². The summed E-state index contributed by atoms with van der Waals surface area (Å²) >= 11 is 0. The van der Waals surface area contributed by atoms with E-state index in [2.05, 4.69) is 20.8 Å². The van der Waals surface area contributed by atoms with Crippen molar-refractivity contribution in [1.29, 1.82) is 0 Å². The Morgan fingerprint density at radius 2 is 1.28 bits per heavy atom. The van der Waals surface area contributed by atoms with Crippen molar-refractivity contribution in [1.82, 2.24) is 0 Å². The molecule has 0 radical (unpaired) electrons. The van der Waals surface area contributed by atoms with Crippen LogP contribution < -0.4 is 0 Å². The zero-order chi connectivity index (χ0) is 13.9. The van der Waals surface area contributed by atoms with E-state index in [0.29, 0.717) is 11.8 Å². The van der Waals surface area contributed by atoms with Gasteiger partial charge in [0.25, 0.3) is 0 Å². The first kappa shape index (κ1) is 17.5. The van der Waals surface area contributed by atoms with Crippen molar-refractivity contribution in [3.63, 3.8) is 0 Å². The molecule has 1 N–H and O–H groups in total. The van der Waals surface area contributed by atoms with Gasteiger partial charge in [-0.2, -0.15) is 0 Å². The van der Waals surface area contributed by atoms with Crippen molar-refractivity contribution >= 4 is 5.97 Å². The van der Waals surface area contributed by atoms with E-state index in [1.54, 1.807) is 0 Å². The molecule has 0 rings (SSSR count). The van der Waals surface area contributed by atoms with Crippen molar-refractivity contribution in [3.8, 4) is 0 Å². The third kappa shape index (κ3) is 7.73. The van der Waals surface area contributed by atoms with Crippen LogP contribution >= 0.6 is 0 Å². The summed E-state index contributed by atoms with van der Waals surface area (Å²) in [5.41, 5.74) is 0.587. The van der Waals surface area contributed by atoms with E-state index >= 15 is 0 Å². The molecule has 0 aromatic carbocycles. The predicted molar refractivity (Wildman–Crippen MR) is 77.9 cm³/mol. The van der Waals surface area contributed by atoms with Crippen molar-refractivity contribution in [2.24, 2.45) is 5.41 Å². The molecule has 0 aliphatic rings. The van der Waals surface area contributed by atoms with Crippen LogP contribution in [0, 0.1) is 5.41 Å². The van der Waals surface area contributed by atoms with E-state index in [4.69, 9.17) is 5.11 Å². The fourth-order valence-corrected chi connectivity index (χ4v) is 2.76. The first-order valence-electron chi connectivity index (χ1n) is 7.82. The summed E-state index contributed by atoms with van der Waals surface area (Å²) in [5, 5.41) is 8.53. The molecule has 2 heteroatoms. The lowest BCUT2D eigenvalue weighted by molar-refractivity contribution is -0.137. The van der Waals surface area contributed by atoms with Crippen LogP contribution in [0.4, 0.5) is 0 Å². The minimum atomic E-state index is -0.659. The molecule has 0 spiro atoms. The van der Waals surface area contributed by atoms with Gasteiger partial charge in [-0.05, 0) is 18.3 Å². The van der Waals surface area contributed by atoms with Gasteiger partial charge < -0.3 is 5.11 Å². The summed E-state index contributed by atoms with van der Waals surface area (Å²) in [6.07, 6.45) is 12.7. The Morgan fingerprint density at radius 3 is 1.72 bits per heavy atom. The topological polar surface area (TPSA) is 37.3 Å². The highest BCUT2D eigenvalue weighted by atomic mass is 16.4. The molecule has 0 unspecified atom stereocenters. The van der Waals surface area contributed by atoms with Crippen LogP contribution in [0.1, 0.15) is 91.4 Å². The van der Waals surface area contributed by atoms with Gasteiger partial charge in [0, 0.05) is 6.42 Å². The maximum Gasteiger partial charge on any atom is 0.303 e. The summed E-state index contributed by atoms with van der Waals surface area (Å²) < 4.78 is 0. The molecule has 18 heavy (non-hydrogen) atoms. The average Bonchev–Trinajstić information content (AvgIpc) is 2.38. The molecule has 2 nitrogen and oxygen atoms in total. The largest absolute Gasteiger partial charge is 0.481 e. The molecule has 0 aliphatic heterocycles. The van der Waals surface area contributed by atoms with Crippen molar-refractivity contribution in [2.45, 2.75) is 91.4 Å². The van der Waals surface area contributed by atoms with E-state index < -0.39 is 5.97 Å². The Morgan fingerprint density at radius 1 is 0.833 bits per heavy atom. The third-order valence-electron chi connectivity index (χ3n) is 4.60. The Bertz CT molecular complexity index is 199. The Kier molecular flexibility index (Phi) is 10.1. The first-order valence-corrected chi connectivity index (χ1v) is 7.82. The lowest BCUT2D eigenvalue weighted by Gasteiger charge is -2.30. The average molecular weight is 256 g/mol. The number of aliphatic carboxylic acids is 1. The van der Waals surface area contributed by atoms with Gasteiger partial charge in [0.15, 0.2) is 0 Å². The van der Waals surface area contributed by atoms with Crippen LogP contribution in [0.15, 0.2) is 0 Å².